The fourth-order valence-electron chi connectivity index (χ4n) is 3.27. The Morgan fingerprint density at radius 1 is 0.903 bits per heavy atom. The molecule has 0 saturated heterocycles. The molecule has 0 aliphatic rings. The van der Waals surface area contributed by atoms with Crippen molar-refractivity contribution < 1.29 is 14.3 Å². The molecule has 0 spiro atoms. The molecule has 0 aliphatic carbocycles. The maximum atomic E-state index is 13.4. The third-order valence-electron chi connectivity index (χ3n) is 4.94. The average Bonchev–Trinajstić information content (AvgIpc) is 2.78. The Morgan fingerprint density at radius 3 is 2.32 bits per heavy atom. The molecule has 5 heteroatoms. The molecule has 31 heavy (non-hydrogen) atoms. The molecule has 3 rings (SSSR count). The molecule has 2 amide bonds. The van der Waals surface area contributed by atoms with Crippen LogP contribution in [-0.4, -0.2) is 32.1 Å². The van der Waals surface area contributed by atoms with E-state index in [0.29, 0.717) is 25.3 Å². The predicted octanol–water partition coefficient (Wildman–Crippen LogP) is 4.15. The second kappa shape index (κ2) is 11.1. The minimum atomic E-state index is -0.0782. The van der Waals surface area contributed by atoms with Crippen molar-refractivity contribution in [1.29, 1.82) is 0 Å². The zero-order valence-electron chi connectivity index (χ0n) is 18.0. The molecule has 0 aliphatic heterocycles. The van der Waals surface area contributed by atoms with E-state index in [9.17, 15) is 9.59 Å². The summed E-state index contributed by atoms with van der Waals surface area (Å²) in [5, 5.41) is 2.83. The molecule has 160 valence electrons. The first-order valence-corrected chi connectivity index (χ1v) is 10.3. The lowest BCUT2D eigenvalue weighted by atomic mass is 10.1. The van der Waals surface area contributed by atoms with E-state index in [1.807, 2.05) is 85.8 Å². The van der Waals surface area contributed by atoms with Crippen molar-refractivity contribution in [2.24, 2.45) is 0 Å². The van der Waals surface area contributed by atoms with Crippen LogP contribution in [0.5, 0.6) is 0 Å². The molecule has 0 bridgehead atoms. The lowest BCUT2D eigenvalue weighted by Crippen LogP contribution is -2.31. The summed E-state index contributed by atoms with van der Waals surface area (Å²) in [6.07, 6.45) is 0.245. The molecule has 0 heterocycles. The van der Waals surface area contributed by atoms with Gasteiger partial charge in [-0.1, -0.05) is 60.2 Å². The zero-order chi connectivity index (χ0) is 22.1. The quantitative estimate of drug-likeness (QED) is 0.533. The highest BCUT2D eigenvalue weighted by Gasteiger charge is 2.19. The second-order valence-corrected chi connectivity index (χ2v) is 7.43. The van der Waals surface area contributed by atoms with Gasteiger partial charge in [-0.25, -0.2) is 0 Å². The Labute approximate surface area is 183 Å². The monoisotopic (exact) mass is 416 g/mol. The largest absolute Gasteiger partial charge is 0.383 e. The van der Waals surface area contributed by atoms with E-state index in [0.717, 1.165) is 22.4 Å². The number of aryl methyl sites for hydroxylation is 1. The van der Waals surface area contributed by atoms with Gasteiger partial charge in [-0.3, -0.25) is 9.59 Å². The third kappa shape index (κ3) is 6.52. The zero-order valence-corrected chi connectivity index (χ0v) is 18.0. The van der Waals surface area contributed by atoms with Crippen LogP contribution >= 0.6 is 0 Å². The van der Waals surface area contributed by atoms with Gasteiger partial charge >= 0.3 is 0 Å². The Hall–Kier alpha value is -3.44. The normalized spacial score (nSPS) is 10.5. The number of rotatable bonds is 9. The van der Waals surface area contributed by atoms with Crippen LogP contribution in [-0.2, 0) is 22.5 Å². The van der Waals surface area contributed by atoms with Gasteiger partial charge < -0.3 is 15.0 Å². The van der Waals surface area contributed by atoms with E-state index in [1.165, 1.54) is 0 Å². The Bertz CT molecular complexity index is 1000. The molecule has 0 radical (unpaired) electrons. The van der Waals surface area contributed by atoms with E-state index >= 15 is 0 Å². The minimum Gasteiger partial charge on any atom is -0.383 e. The van der Waals surface area contributed by atoms with Crippen molar-refractivity contribution in [3.8, 4) is 0 Å². The van der Waals surface area contributed by atoms with Crippen molar-refractivity contribution >= 4 is 17.5 Å². The van der Waals surface area contributed by atoms with Gasteiger partial charge in [-0.15, -0.1) is 0 Å². The highest BCUT2D eigenvalue weighted by Crippen LogP contribution is 2.22. The number of nitrogens with zero attached hydrogens (tertiary/aromatic N) is 1. The van der Waals surface area contributed by atoms with Crippen LogP contribution in [0.1, 0.15) is 27.0 Å². The van der Waals surface area contributed by atoms with Gasteiger partial charge in [-0.2, -0.15) is 0 Å². The molecule has 3 aromatic rings. The average molecular weight is 417 g/mol. The minimum absolute atomic E-state index is 0.0753. The summed E-state index contributed by atoms with van der Waals surface area (Å²) in [5.74, 6) is -0.154. The van der Waals surface area contributed by atoms with Crippen LogP contribution in [0.4, 0.5) is 5.69 Å². The predicted molar refractivity (Wildman–Crippen MR) is 123 cm³/mol. The van der Waals surface area contributed by atoms with Gasteiger partial charge in [0.1, 0.15) is 0 Å². The molecule has 0 saturated carbocycles. The summed E-state index contributed by atoms with van der Waals surface area (Å²) in [5.41, 5.74) is 4.38. The number of carbonyl (C=O) groups excluding carboxylic acids is 2. The van der Waals surface area contributed by atoms with Crippen LogP contribution in [0.15, 0.2) is 78.9 Å². The topological polar surface area (TPSA) is 58.6 Å². The molecule has 0 atom stereocenters. The van der Waals surface area contributed by atoms with Gasteiger partial charge in [-0.05, 0) is 42.3 Å². The Kier molecular flexibility index (Phi) is 7.96. The highest BCUT2D eigenvalue weighted by molar-refractivity contribution is 6.06. The number of ether oxygens (including phenoxy) is 1. The Morgan fingerprint density at radius 2 is 1.61 bits per heavy atom. The molecule has 0 unspecified atom stereocenters. The SMILES string of the molecule is COCCNC(=O)Cc1cccc(N(Cc2ccccc2)C(=O)c2ccc(C)cc2)c1. The van der Waals surface area contributed by atoms with Crippen LogP contribution in [0, 0.1) is 6.92 Å². The lowest BCUT2D eigenvalue weighted by molar-refractivity contribution is -0.120. The van der Waals surface area contributed by atoms with Gasteiger partial charge in [0.15, 0.2) is 0 Å². The van der Waals surface area contributed by atoms with Gasteiger partial charge in [0.25, 0.3) is 5.91 Å². The number of carbonyl (C=O) groups is 2. The molecular formula is C26H28N2O3. The summed E-state index contributed by atoms with van der Waals surface area (Å²) in [4.78, 5) is 27.4. The first kappa shape index (κ1) is 22.2. The third-order valence-corrected chi connectivity index (χ3v) is 4.94. The maximum absolute atomic E-state index is 13.4. The number of hydrogen-bond acceptors (Lipinski definition) is 3. The van der Waals surface area contributed by atoms with Crippen LogP contribution in [0.3, 0.4) is 0 Å². The Balaban J connectivity index is 1.85. The molecule has 0 aromatic heterocycles. The summed E-state index contributed by atoms with van der Waals surface area (Å²) in [6.45, 7) is 3.39. The number of nitrogens with one attached hydrogen (secondary N) is 1. The number of anilines is 1. The van der Waals surface area contributed by atoms with E-state index in [4.69, 9.17) is 4.74 Å². The van der Waals surface area contributed by atoms with Gasteiger partial charge in [0.05, 0.1) is 19.6 Å². The van der Waals surface area contributed by atoms with Gasteiger partial charge in [0.2, 0.25) is 5.91 Å². The van der Waals surface area contributed by atoms with Crippen molar-refractivity contribution in [3.63, 3.8) is 0 Å². The molecule has 5 nitrogen and oxygen atoms in total. The standard InChI is InChI=1S/C26H28N2O3/c1-20-11-13-23(14-12-20)26(30)28(19-21-7-4-3-5-8-21)24-10-6-9-22(17-24)18-25(29)27-15-16-31-2/h3-14,17H,15-16,18-19H2,1-2H3,(H,27,29). The van der Waals surface area contributed by atoms with Crippen molar-refractivity contribution in [3.05, 3.63) is 101 Å². The summed E-state index contributed by atoms with van der Waals surface area (Å²) < 4.78 is 4.97. The lowest BCUT2D eigenvalue weighted by Gasteiger charge is -2.24. The van der Waals surface area contributed by atoms with Crippen molar-refractivity contribution in [2.45, 2.75) is 19.9 Å². The fraction of sp³-hybridized carbons (Fsp3) is 0.231. The van der Waals surface area contributed by atoms with E-state index in [-0.39, 0.29) is 18.2 Å². The number of methoxy groups -OCH3 is 1. The summed E-state index contributed by atoms with van der Waals surface area (Å²) in [7, 11) is 1.60. The molecular weight excluding hydrogens is 388 g/mol. The number of amides is 2. The second-order valence-electron chi connectivity index (χ2n) is 7.43. The van der Waals surface area contributed by atoms with E-state index in [1.54, 1.807) is 12.0 Å². The molecule has 0 fully saturated rings. The summed E-state index contributed by atoms with van der Waals surface area (Å²) in [6, 6.07) is 25.1. The highest BCUT2D eigenvalue weighted by atomic mass is 16.5. The van der Waals surface area contributed by atoms with Crippen molar-refractivity contribution in [2.75, 3.05) is 25.2 Å². The number of benzene rings is 3. The summed E-state index contributed by atoms with van der Waals surface area (Å²) >= 11 is 0. The van der Waals surface area contributed by atoms with Gasteiger partial charge in [0, 0.05) is 24.9 Å². The first-order chi connectivity index (χ1) is 15.1. The van der Waals surface area contributed by atoms with Crippen LogP contribution < -0.4 is 10.2 Å². The van der Waals surface area contributed by atoms with E-state index in [2.05, 4.69) is 5.32 Å². The fourth-order valence-corrected chi connectivity index (χ4v) is 3.27. The first-order valence-electron chi connectivity index (χ1n) is 10.3. The van der Waals surface area contributed by atoms with Crippen LogP contribution in [0.25, 0.3) is 0 Å². The van der Waals surface area contributed by atoms with E-state index < -0.39 is 0 Å². The van der Waals surface area contributed by atoms with Crippen molar-refractivity contribution in [1.82, 2.24) is 5.32 Å². The molecule has 1 N–H and O–H groups in total. The number of hydrogen-bond donors (Lipinski definition) is 1. The van der Waals surface area contributed by atoms with Crippen LogP contribution in [0.2, 0.25) is 0 Å². The molecule has 3 aromatic carbocycles. The smallest absolute Gasteiger partial charge is 0.258 e. The maximum Gasteiger partial charge on any atom is 0.258 e.